The molecule has 1 aliphatic rings. The van der Waals surface area contributed by atoms with Crippen molar-refractivity contribution in [2.75, 3.05) is 43.6 Å². The molecule has 0 aromatic carbocycles. The highest BCUT2D eigenvalue weighted by atomic mass is 19.1. The Labute approximate surface area is 98.8 Å². The number of anilines is 2. The maximum absolute atomic E-state index is 14.1. The van der Waals surface area contributed by atoms with Crippen molar-refractivity contribution in [2.45, 2.75) is 6.92 Å². The van der Waals surface area contributed by atoms with Gasteiger partial charge in [0.05, 0.1) is 6.61 Å². The molecule has 0 amide bonds. The van der Waals surface area contributed by atoms with Crippen LogP contribution in [0.5, 0.6) is 5.88 Å². The number of pyridine rings is 1. The molecule has 0 saturated carbocycles. The first-order chi connectivity index (χ1) is 8.06. The molecule has 0 aliphatic carbocycles. The number of nitrogens with zero attached hydrogens (tertiary/aromatic N) is 3. The molecule has 94 valence electrons. The van der Waals surface area contributed by atoms with Gasteiger partial charge in [-0.1, -0.05) is 0 Å². The van der Waals surface area contributed by atoms with Gasteiger partial charge in [0, 0.05) is 27.2 Å². The summed E-state index contributed by atoms with van der Waals surface area (Å²) in [6.07, 6.45) is 0. The lowest BCUT2D eigenvalue weighted by atomic mass is 10.2. The van der Waals surface area contributed by atoms with Gasteiger partial charge >= 0.3 is 0 Å². The van der Waals surface area contributed by atoms with Crippen LogP contribution in [0.2, 0.25) is 0 Å². The summed E-state index contributed by atoms with van der Waals surface area (Å²) in [5.41, 5.74) is 0.411. The number of halogens is 2. The number of aromatic nitrogens is 1. The lowest BCUT2D eigenvalue weighted by Gasteiger charge is -2.34. The lowest BCUT2D eigenvalue weighted by Crippen LogP contribution is -2.38. The summed E-state index contributed by atoms with van der Waals surface area (Å²) in [4.78, 5) is 6.87. The molecule has 0 saturated heterocycles. The molecule has 6 heteroatoms. The zero-order valence-corrected chi connectivity index (χ0v) is 10.1. The highest BCUT2D eigenvalue weighted by Crippen LogP contribution is 2.38. The largest absolute Gasteiger partial charge is 0.476 e. The van der Waals surface area contributed by atoms with Crippen LogP contribution in [0.4, 0.5) is 20.2 Å². The smallest absolute Gasteiger partial charge is 0.255 e. The summed E-state index contributed by atoms with van der Waals surface area (Å²) in [6.45, 7) is 3.22. The minimum Gasteiger partial charge on any atom is -0.476 e. The summed E-state index contributed by atoms with van der Waals surface area (Å²) < 4.78 is 33.0. The molecule has 0 atom stereocenters. The van der Waals surface area contributed by atoms with Crippen LogP contribution in [0, 0.1) is 11.8 Å². The summed E-state index contributed by atoms with van der Waals surface area (Å²) in [5, 5.41) is 0. The quantitative estimate of drug-likeness (QED) is 0.738. The van der Waals surface area contributed by atoms with E-state index in [2.05, 4.69) is 4.98 Å². The number of hydrogen-bond acceptors (Lipinski definition) is 4. The second kappa shape index (κ2) is 4.35. The third-order valence-corrected chi connectivity index (χ3v) is 2.83. The van der Waals surface area contributed by atoms with E-state index in [4.69, 9.17) is 4.74 Å². The average molecular weight is 243 g/mol. The Bertz CT molecular complexity index is 439. The standard InChI is InChI=1S/C11H15F2N3O/c1-4-17-11-7(12)8-9(10(13)14-11)16(3)6-5-15(8)2/h4-6H2,1-3H3. The van der Waals surface area contributed by atoms with Gasteiger partial charge in [0.1, 0.15) is 11.4 Å². The zero-order valence-electron chi connectivity index (χ0n) is 10.1. The third-order valence-electron chi connectivity index (χ3n) is 2.83. The predicted molar refractivity (Wildman–Crippen MR) is 61.9 cm³/mol. The fourth-order valence-electron chi connectivity index (χ4n) is 1.94. The van der Waals surface area contributed by atoms with Crippen LogP contribution in [-0.2, 0) is 0 Å². The van der Waals surface area contributed by atoms with Gasteiger partial charge in [-0.05, 0) is 6.92 Å². The van der Waals surface area contributed by atoms with Gasteiger partial charge in [-0.3, -0.25) is 0 Å². The fraction of sp³-hybridized carbons (Fsp3) is 0.545. The summed E-state index contributed by atoms with van der Waals surface area (Å²) in [5.74, 6) is -1.57. The molecular weight excluding hydrogens is 228 g/mol. The Morgan fingerprint density at radius 1 is 1.18 bits per heavy atom. The van der Waals surface area contributed by atoms with Crippen LogP contribution >= 0.6 is 0 Å². The van der Waals surface area contributed by atoms with E-state index in [0.29, 0.717) is 13.1 Å². The van der Waals surface area contributed by atoms with E-state index in [1.54, 1.807) is 30.8 Å². The minimum atomic E-state index is -0.695. The molecule has 0 fully saturated rings. The average Bonchev–Trinajstić information content (AvgIpc) is 2.29. The Kier molecular flexibility index (Phi) is 3.04. The maximum Gasteiger partial charge on any atom is 0.255 e. The van der Waals surface area contributed by atoms with Crippen molar-refractivity contribution in [3.05, 3.63) is 11.8 Å². The van der Waals surface area contributed by atoms with Crippen LogP contribution in [-0.4, -0.2) is 38.8 Å². The normalized spacial score (nSPS) is 14.9. The second-order valence-corrected chi connectivity index (χ2v) is 4.00. The second-order valence-electron chi connectivity index (χ2n) is 4.00. The molecule has 0 bridgehead atoms. The highest BCUT2D eigenvalue weighted by Gasteiger charge is 2.29. The number of likely N-dealkylation sites (N-methyl/N-ethyl adjacent to an activating group) is 2. The van der Waals surface area contributed by atoms with Crippen molar-refractivity contribution < 1.29 is 13.5 Å². The Hall–Kier alpha value is -1.59. The molecule has 17 heavy (non-hydrogen) atoms. The van der Waals surface area contributed by atoms with Crippen molar-refractivity contribution in [2.24, 2.45) is 0 Å². The monoisotopic (exact) mass is 243 g/mol. The molecule has 4 nitrogen and oxygen atoms in total. The van der Waals surface area contributed by atoms with Crippen molar-refractivity contribution >= 4 is 11.4 Å². The molecular formula is C11H15F2N3O. The summed E-state index contributed by atoms with van der Waals surface area (Å²) in [7, 11) is 3.44. The lowest BCUT2D eigenvalue weighted by molar-refractivity contribution is 0.301. The van der Waals surface area contributed by atoms with E-state index < -0.39 is 11.8 Å². The molecule has 1 aromatic heterocycles. The van der Waals surface area contributed by atoms with E-state index in [1.165, 1.54) is 0 Å². The molecule has 0 N–H and O–H groups in total. The van der Waals surface area contributed by atoms with Crippen LogP contribution < -0.4 is 14.5 Å². The molecule has 0 radical (unpaired) electrons. The maximum atomic E-state index is 14.1. The van der Waals surface area contributed by atoms with E-state index in [1.807, 2.05) is 0 Å². The number of fused-ring (bicyclic) bond motifs is 1. The van der Waals surface area contributed by atoms with Crippen LogP contribution in [0.1, 0.15) is 6.92 Å². The van der Waals surface area contributed by atoms with Gasteiger partial charge in [-0.15, -0.1) is 0 Å². The van der Waals surface area contributed by atoms with Crippen molar-refractivity contribution in [3.63, 3.8) is 0 Å². The molecule has 1 aliphatic heterocycles. The third kappa shape index (κ3) is 1.87. The highest BCUT2D eigenvalue weighted by molar-refractivity contribution is 5.74. The van der Waals surface area contributed by atoms with Crippen LogP contribution in [0.25, 0.3) is 0 Å². The first-order valence-electron chi connectivity index (χ1n) is 5.50. The first-order valence-corrected chi connectivity index (χ1v) is 5.50. The number of ether oxygens (including phenoxy) is 1. The van der Waals surface area contributed by atoms with Gasteiger partial charge in [-0.25, -0.2) is 0 Å². The van der Waals surface area contributed by atoms with E-state index in [-0.39, 0.29) is 23.9 Å². The summed E-state index contributed by atoms with van der Waals surface area (Å²) >= 11 is 0. The van der Waals surface area contributed by atoms with Crippen molar-refractivity contribution in [1.82, 2.24) is 4.98 Å². The summed E-state index contributed by atoms with van der Waals surface area (Å²) in [6, 6.07) is 0. The predicted octanol–water partition coefficient (Wildman–Crippen LogP) is 1.64. The Morgan fingerprint density at radius 2 is 1.76 bits per heavy atom. The first kappa shape index (κ1) is 11.9. The van der Waals surface area contributed by atoms with E-state index in [0.717, 1.165) is 0 Å². The SMILES string of the molecule is CCOc1nc(F)c2c(c1F)N(C)CCN2C. The van der Waals surface area contributed by atoms with Crippen molar-refractivity contribution in [1.29, 1.82) is 0 Å². The fourth-order valence-corrected chi connectivity index (χ4v) is 1.94. The number of rotatable bonds is 2. The molecule has 0 unspecified atom stereocenters. The van der Waals surface area contributed by atoms with Crippen molar-refractivity contribution in [3.8, 4) is 5.88 Å². The van der Waals surface area contributed by atoms with Crippen LogP contribution in [0.3, 0.4) is 0 Å². The van der Waals surface area contributed by atoms with Gasteiger partial charge < -0.3 is 14.5 Å². The number of hydrogen-bond donors (Lipinski definition) is 0. The van der Waals surface area contributed by atoms with Gasteiger partial charge in [0.25, 0.3) is 5.88 Å². The minimum absolute atomic E-state index is 0.194. The topological polar surface area (TPSA) is 28.6 Å². The van der Waals surface area contributed by atoms with Gasteiger partial charge in [-0.2, -0.15) is 13.8 Å². The van der Waals surface area contributed by atoms with E-state index >= 15 is 0 Å². The van der Waals surface area contributed by atoms with E-state index in [9.17, 15) is 8.78 Å². The molecule has 1 aromatic rings. The molecule has 2 rings (SSSR count). The van der Waals surface area contributed by atoms with Gasteiger partial charge in [0.15, 0.2) is 0 Å². The molecule has 2 heterocycles. The Balaban J connectivity index is 2.60. The zero-order chi connectivity index (χ0) is 12.6. The molecule has 0 spiro atoms. The van der Waals surface area contributed by atoms with Gasteiger partial charge in [0.2, 0.25) is 11.8 Å². The Morgan fingerprint density at radius 3 is 2.35 bits per heavy atom. The van der Waals surface area contributed by atoms with Crippen LogP contribution in [0.15, 0.2) is 0 Å².